The molecule has 1 amide bonds. The summed E-state index contributed by atoms with van der Waals surface area (Å²) in [5, 5.41) is 7.15. The molecular weight excluding hydrogens is 408 g/mol. The van der Waals surface area contributed by atoms with E-state index in [0.29, 0.717) is 6.54 Å². The van der Waals surface area contributed by atoms with Gasteiger partial charge >= 0.3 is 6.09 Å². The second-order valence-electron chi connectivity index (χ2n) is 9.04. The van der Waals surface area contributed by atoms with E-state index in [1.807, 2.05) is 52.1 Å². The predicted molar refractivity (Wildman–Crippen MR) is 121 cm³/mol. The summed E-state index contributed by atoms with van der Waals surface area (Å²) < 4.78 is 18.7. The molecule has 1 N–H and O–H groups in total. The maximum Gasteiger partial charge on any atom is 0.407 e. The van der Waals surface area contributed by atoms with E-state index in [1.54, 1.807) is 10.8 Å². The van der Waals surface area contributed by atoms with Crippen LogP contribution in [0.4, 0.5) is 4.79 Å². The molecule has 1 aromatic carbocycles. The molecule has 0 aliphatic carbocycles. The molecule has 0 saturated carbocycles. The van der Waals surface area contributed by atoms with Crippen LogP contribution in [0.1, 0.15) is 44.7 Å². The van der Waals surface area contributed by atoms with Gasteiger partial charge in [-0.2, -0.15) is 5.10 Å². The van der Waals surface area contributed by atoms with Gasteiger partial charge in [-0.05, 0) is 44.9 Å². The Morgan fingerprint density at radius 2 is 2.03 bits per heavy atom. The van der Waals surface area contributed by atoms with Crippen LogP contribution in [0.25, 0.3) is 16.8 Å². The Morgan fingerprint density at radius 1 is 1.25 bits per heavy atom. The lowest BCUT2D eigenvalue weighted by atomic mass is 10.0. The Kier molecular flexibility index (Phi) is 6.32. The summed E-state index contributed by atoms with van der Waals surface area (Å²) >= 11 is 0. The molecule has 2 aromatic heterocycles. The summed E-state index contributed by atoms with van der Waals surface area (Å²) in [4.78, 5) is 16.5. The highest BCUT2D eigenvalue weighted by molar-refractivity contribution is 5.78. The molecule has 0 spiro atoms. The Hall–Kier alpha value is -3.13. The number of hydrogen-bond acceptors (Lipinski definition) is 6. The van der Waals surface area contributed by atoms with Gasteiger partial charge in [-0.1, -0.05) is 12.1 Å². The molecule has 0 atom stereocenters. The first-order valence-electron chi connectivity index (χ1n) is 10.9. The van der Waals surface area contributed by atoms with Crippen molar-refractivity contribution in [2.24, 2.45) is 0 Å². The summed E-state index contributed by atoms with van der Waals surface area (Å²) in [6, 6.07) is 8.06. The first kappa shape index (κ1) is 22.1. The molecule has 0 bridgehead atoms. The summed E-state index contributed by atoms with van der Waals surface area (Å²) in [5.41, 5.74) is 4.24. The van der Waals surface area contributed by atoms with Crippen molar-refractivity contribution in [3.05, 3.63) is 47.9 Å². The molecular formula is C24H30N4O4. The molecule has 8 heteroatoms. The normalized spacial score (nSPS) is 15.0. The Morgan fingerprint density at radius 3 is 2.75 bits per heavy atom. The Labute approximate surface area is 187 Å². The van der Waals surface area contributed by atoms with Crippen LogP contribution in [0.3, 0.4) is 0 Å². The smallest absolute Gasteiger partial charge is 0.407 e. The second kappa shape index (κ2) is 9.16. The molecule has 1 fully saturated rings. The monoisotopic (exact) mass is 438 g/mol. The van der Waals surface area contributed by atoms with Gasteiger partial charge in [0, 0.05) is 31.0 Å². The fourth-order valence-electron chi connectivity index (χ4n) is 3.70. The Bertz CT molecular complexity index is 1100. The zero-order chi connectivity index (χ0) is 22.7. The molecule has 3 heterocycles. The lowest BCUT2D eigenvalue weighted by Crippen LogP contribution is -2.32. The van der Waals surface area contributed by atoms with Gasteiger partial charge in [0.1, 0.15) is 23.8 Å². The van der Waals surface area contributed by atoms with Gasteiger partial charge in [-0.3, -0.25) is 0 Å². The van der Waals surface area contributed by atoms with Crippen LogP contribution >= 0.6 is 0 Å². The van der Waals surface area contributed by atoms with Crippen molar-refractivity contribution >= 4 is 11.6 Å². The summed E-state index contributed by atoms with van der Waals surface area (Å²) in [7, 11) is 0. The van der Waals surface area contributed by atoms with Gasteiger partial charge in [-0.15, -0.1) is 0 Å². The lowest BCUT2D eigenvalue weighted by Gasteiger charge is -2.22. The minimum atomic E-state index is -0.522. The van der Waals surface area contributed by atoms with E-state index in [2.05, 4.69) is 21.5 Å². The van der Waals surface area contributed by atoms with Gasteiger partial charge in [0.25, 0.3) is 0 Å². The molecule has 8 nitrogen and oxygen atoms in total. The molecule has 4 rings (SSSR count). The van der Waals surface area contributed by atoms with Crippen molar-refractivity contribution in [3.8, 4) is 17.0 Å². The Balaban J connectivity index is 1.51. The summed E-state index contributed by atoms with van der Waals surface area (Å²) in [6.45, 7) is 9.42. The largest absolute Gasteiger partial charge is 0.489 e. The van der Waals surface area contributed by atoms with Crippen LogP contribution in [-0.2, 0) is 16.0 Å². The average molecular weight is 439 g/mol. The molecule has 0 unspecified atom stereocenters. The minimum Gasteiger partial charge on any atom is -0.489 e. The number of nitrogens with zero attached hydrogens (tertiary/aromatic N) is 3. The molecule has 32 heavy (non-hydrogen) atoms. The zero-order valence-corrected chi connectivity index (χ0v) is 19.1. The van der Waals surface area contributed by atoms with Crippen molar-refractivity contribution in [2.75, 3.05) is 13.2 Å². The number of aryl methyl sites for hydroxylation is 1. The van der Waals surface area contributed by atoms with Gasteiger partial charge in [0.15, 0.2) is 0 Å². The number of hydrogen-bond donors (Lipinski definition) is 1. The lowest BCUT2D eigenvalue weighted by molar-refractivity contribution is 0.0256. The molecule has 3 aromatic rings. The number of ether oxygens (including phenoxy) is 3. The fraction of sp³-hybridized carbons (Fsp3) is 0.458. The SMILES string of the molecule is Cc1cc(-c2ncnn3cc(OC4CCOCC4)cc23)ccc1CNC(=O)OC(C)(C)C. The van der Waals surface area contributed by atoms with E-state index in [0.717, 1.165) is 59.7 Å². The number of nitrogens with one attached hydrogen (secondary N) is 1. The summed E-state index contributed by atoms with van der Waals surface area (Å²) in [6.07, 6.45) is 4.96. The van der Waals surface area contributed by atoms with Crippen LogP contribution < -0.4 is 10.1 Å². The average Bonchev–Trinajstić information content (AvgIpc) is 3.14. The van der Waals surface area contributed by atoms with Crippen LogP contribution in [0.5, 0.6) is 5.75 Å². The first-order chi connectivity index (χ1) is 15.3. The molecule has 0 radical (unpaired) electrons. The number of fused-ring (bicyclic) bond motifs is 1. The molecule has 170 valence electrons. The number of benzene rings is 1. The van der Waals surface area contributed by atoms with Crippen molar-refractivity contribution in [1.82, 2.24) is 19.9 Å². The van der Waals surface area contributed by atoms with E-state index in [-0.39, 0.29) is 6.10 Å². The van der Waals surface area contributed by atoms with Crippen LogP contribution in [0, 0.1) is 6.92 Å². The van der Waals surface area contributed by atoms with Crippen LogP contribution in [0.15, 0.2) is 36.8 Å². The maximum atomic E-state index is 12.0. The molecule has 1 saturated heterocycles. The number of carbonyl (C=O) groups excluding carboxylic acids is 1. The van der Waals surface area contributed by atoms with Gasteiger partial charge in [-0.25, -0.2) is 14.3 Å². The minimum absolute atomic E-state index is 0.163. The third-order valence-corrected chi connectivity index (χ3v) is 5.29. The first-order valence-corrected chi connectivity index (χ1v) is 10.9. The topological polar surface area (TPSA) is 87.0 Å². The van der Waals surface area contributed by atoms with Gasteiger partial charge in [0.05, 0.1) is 30.6 Å². The molecule has 1 aliphatic heterocycles. The number of alkyl carbamates (subject to hydrolysis) is 1. The highest BCUT2D eigenvalue weighted by Crippen LogP contribution is 2.28. The van der Waals surface area contributed by atoms with Crippen molar-refractivity contribution in [1.29, 1.82) is 0 Å². The van der Waals surface area contributed by atoms with E-state index < -0.39 is 11.7 Å². The number of rotatable bonds is 5. The highest BCUT2D eigenvalue weighted by atomic mass is 16.6. The van der Waals surface area contributed by atoms with Crippen LogP contribution in [0.2, 0.25) is 0 Å². The van der Waals surface area contributed by atoms with E-state index in [9.17, 15) is 4.79 Å². The highest BCUT2D eigenvalue weighted by Gasteiger charge is 2.18. The van der Waals surface area contributed by atoms with Crippen molar-refractivity contribution in [3.63, 3.8) is 0 Å². The zero-order valence-electron chi connectivity index (χ0n) is 19.1. The van der Waals surface area contributed by atoms with Gasteiger partial charge < -0.3 is 19.5 Å². The molecule has 1 aliphatic rings. The van der Waals surface area contributed by atoms with E-state index in [4.69, 9.17) is 14.2 Å². The third kappa shape index (κ3) is 5.37. The second-order valence-corrected chi connectivity index (χ2v) is 9.04. The summed E-state index contributed by atoms with van der Waals surface area (Å²) in [5.74, 6) is 0.786. The van der Waals surface area contributed by atoms with Crippen molar-refractivity contribution < 1.29 is 19.0 Å². The van der Waals surface area contributed by atoms with E-state index >= 15 is 0 Å². The number of amides is 1. The fourth-order valence-corrected chi connectivity index (χ4v) is 3.70. The maximum absolute atomic E-state index is 12.0. The van der Waals surface area contributed by atoms with Crippen molar-refractivity contribution in [2.45, 2.75) is 58.8 Å². The number of aromatic nitrogens is 3. The van der Waals surface area contributed by atoms with E-state index in [1.165, 1.54) is 0 Å². The van der Waals surface area contributed by atoms with Gasteiger partial charge in [0.2, 0.25) is 0 Å². The number of carbonyl (C=O) groups is 1. The standard InChI is InChI=1S/C24H30N4O4/c1-16-11-17(5-6-18(16)13-25-23(29)32-24(2,3)4)22-21-12-20(14-28(21)27-15-26-22)31-19-7-9-30-10-8-19/h5-6,11-12,14-15,19H,7-10,13H2,1-4H3,(H,25,29). The quantitative estimate of drug-likeness (QED) is 0.640. The van der Waals surface area contributed by atoms with Crippen LogP contribution in [-0.4, -0.2) is 45.6 Å². The predicted octanol–water partition coefficient (Wildman–Crippen LogP) is 4.29. The third-order valence-electron chi connectivity index (χ3n) is 5.29.